The molecule has 0 saturated carbocycles. The van der Waals surface area contributed by atoms with Crippen molar-refractivity contribution in [1.29, 1.82) is 0 Å². The van der Waals surface area contributed by atoms with Crippen LogP contribution in [0, 0.1) is 6.92 Å². The van der Waals surface area contributed by atoms with Gasteiger partial charge in [0.25, 0.3) is 0 Å². The quantitative estimate of drug-likeness (QED) is 0.526. The van der Waals surface area contributed by atoms with Gasteiger partial charge in [-0.15, -0.1) is 0 Å². The Balaban J connectivity index is 0.00000169. The molecule has 0 spiro atoms. The van der Waals surface area contributed by atoms with E-state index in [0.717, 1.165) is 22.4 Å². The van der Waals surface area contributed by atoms with Crippen LogP contribution in [0.5, 0.6) is 0 Å². The summed E-state index contributed by atoms with van der Waals surface area (Å²) >= 11 is 0. The molecule has 0 aliphatic rings. The van der Waals surface area contributed by atoms with Crippen molar-refractivity contribution in [1.82, 2.24) is 0 Å². The van der Waals surface area contributed by atoms with Crippen LogP contribution in [0.4, 0.5) is 0 Å². The minimum atomic E-state index is 0. The van der Waals surface area contributed by atoms with Crippen LogP contribution >= 0.6 is 0 Å². The number of nitrogens with zero attached hydrogens (tertiary/aromatic N) is 1. The van der Waals surface area contributed by atoms with Crippen LogP contribution in [0.3, 0.4) is 0 Å². The van der Waals surface area contributed by atoms with E-state index in [1.165, 1.54) is 13.0 Å². The first-order valence-corrected chi connectivity index (χ1v) is 4.83. The average molecular weight is 309 g/mol. The zero-order valence-electron chi connectivity index (χ0n) is 9.51. The molecule has 0 amide bonds. The zero-order chi connectivity index (χ0) is 9.90. The second-order valence-electron chi connectivity index (χ2n) is 4.63. The number of halogens is 1. The minimum absolute atomic E-state index is 0. The Labute approximate surface area is 104 Å². The Kier molecular flexibility index (Phi) is 5.74. The fourth-order valence-electron chi connectivity index (χ4n) is 1.35. The smallest absolute Gasteiger partial charge is 0.104 e. The summed E-state index contributed by atoms with van der Waals surface area (Å²) in [5, 5.41) is 0. The summed E-state index contributed by atoms with van der Waals surface area (Å²) in [6.07, 6.45) is 2.25. The highest BCUT2D eigenvalue weighted by Crippen LogP contribution is 2.09. The van der Waals surface area contributed by atoms with E-state index in [2.05, 4.69) is 27.2 Å². The lowest BCUT2D eigenvalue weighted by molar-refractivity contribution is -0.870. The third-order valence-corrected chi connectivity index (χ3v) is 2.05. The summed E-state index contributed by atoms with van der Waals surface area (Å²) < 4.78 is 6.52. The van der Waals surface area contributed by atoms with Gasteiger partial charge in [-0.25, -0.2) is 0 Å². The summed E-state index contributed by atoms with van der Waals surface area (Å²) in [7, 11) is 6.65. The van der Waals surface area contributed by atoms with Gasteiger partial charge in [0.15, 0.2) is 0 Å². The van der Waals surface area contributed by atoms with Gasteiger partial charge in [0, 0.05) is 12.8 Å². The van der Waals surface area contributed by atoms with Crippen molar-refractivity contribution in [2.24, 2.45) is 0 Å². The SMILES string of the molecule is Cc1ccc(CCC[N+](C)(C)C)o1.[I-]. The molecule has 0 bridgehead atoms. The van der Waals surface area contributed by atoms with E-state index in [0.29, 0.717) is 0 Å². The summed E-state index contributed by atoms with van der Waals surface area (Å²) in [5.74, 6) is 2.13. The lowest BCUT2D eigenvalue weighted by atomic mass is 10.2. The first kappa shape index (κ1) is 14.0. The molecule has 0 aromatic carbocycles. The number of rotatable bonds is 4. The van der Waals surface area contributed by atoms with Crippen molar-refractivity contribution in [3.05, 3.63) is 23.7 Å². The van der Waals surface area contributed by atoms with Crippen LogP contribution in [0.1, 0.15) is 17.9 Å². The molecular formula is C11H20INO. The van der Waals surface area contributed by atoms with E-state index in [4.69, 9.17) is 4.42 Å². The van der Waals surface area contributed by atoms with Gasteiger partial charge in [-0.05, 0) is 19.1 Å². The Morgan fingerprint density at radius 3 is 2.29 bits per heavy atom. The van der Waals surface area contributed by atoms with E-state index < -0.39 is 0 Å². The fourth-order valence-corrected chi connectivity index (χ4v) is 1.35. The van der Waals surface area contributed by atoms with Crippen molar-refractivity contribution in [2.75, 3.05) is 27.7 Å². The topological polar surface area (TPSA) is 13.1 Å². The van der Waals surface area contributed by atoms with Gasteiger partial charge in [-0.3, -0.25) is 0 Å². The Bertz CT molecular complexity index is 262. The molecule has 0 N–H and O–H groups in total. The standard InChI is InChI=1S/C11H20NO.HI/c1-10-7-8-11(13-10)6-5-9-12(2,3)4;/h7-8H,5-6,9H2,1-4H3;1H/q+1;/p-1. The highest BCUT2D eigenvalue weighted by molar-refractivity contribution is 5.05. The number of hydrogen-bond donors (Lipinski definition) is 0. The zero-order valence-corrected chi connectivity index (χ0v) is 11.7. The molecule has 0 radical (unpaired) electrons. The molecule has 1 heterocycles. The largest absolute Gasteiger partial charge is 1.00 e. The summed E-state index contributed by atoms with van der Waals surface area (Å²) in [6, 6.07) is 4.10. The van der Waals surface area contributed by atoms with E-state index in [-0.39, 0.29) is 24.0 Å². The predicted molar refractivity (Wildman–Crippen MR) is 54.7 cm³/mol. The fraction of sp³-hybridized carbons (Fsp3) is 0.636. The lowest BCUT2D eigenvalue weighted by Gasteiger charge is -2.23. The molecular weight excluding hydrogens is 289 g/mol. The molecule has 0 unspecified atom stereocenters. The van der Waals surface area contributed by atoms with Gasteiger partial charge < -0.3 is 32.9 Å². The summed E-state index contributed by atoms with van der Waals surface area (Å²) in [6.45, 7) is 3.18. The molecule has 0 aliphatic carbocycles. The van der Waals surface area contributed by atoms with Crippen LogP contribution < -0.4 is 24.0 Å². The summed E-state index contributed by atoms with van der Waals surface area (Å²) in [4.78, 5) is 0. The lowest BCUT2D eigenvalue weighted by Crippen LogP contribution is -3.00. The summed E-state index contributed by atoms with van der Waals surface area (Å²) in [5.41, 5.74) is 0. The second-order valence-corrected chi connectivity index (χ2v) is 4.63. The second kappa shape index (κ2) is 5.75. The molecule has 1 rings (SSSR count). The van der Waals surface area contributed by atoms with E-state index in [9.17, 15) is 0 Å². The van der Waals surface area contributed by atoms with Crippen molar-refractivity contribution in [3.63, 3.8) is 0 Å². The van der Waals surface area contributed by atoms with Crippen LogP contribution in [-0.2, 0) is 6.42 Å². The number of hydrogen-bond acceptors (Lipinski definition) is 1. The molecule has 1 aromatic rings. The van der Waals surface area contributed by atoms with Crippen molar-refractivity contribution in [3.8, 4) is 0 Å². The maximum atomic E-state index is 5.49. The number of furan rings is 1. The molecule has 0 saturated heterocycles. The van der Waals surface area contributed by atoms with Crippen LogP contribution in [0.25, 0.3) is 0 Å². The number of quaternary nitrogens is 1. The van der Waals surface area contributed by atoms with Crippen LogP contribution in [0.15, 0.2) is 16.5 Å². The van der Waals surface area contributed by atoms with Gasteiger partial charge in [0.05, 0.1) is 27.7 Å². The normalized spacial score (nSPS) is 11.1. The average Bonchev–Trinajstić information content (AvgIpc) is 2.33. The Morgan fingerprint density at radius 1 is 1.21 bits per heavy atom. The maximum Gasteiger partial charge on any atom is 0.104 e. The molecule has 1 aromatic heterocycles. The van der Waals surface area contributed by atoms with E-state index in [1.54, 1.807) is 0 Å². The highest BCUT2D eigenvalue weighted by Gasteiger charge is 2.07. The third-order valence-electron chi connectivity index (χ3n) is 2.05. The van der Waals surface area contributed by atoms with Crippen molar-refractivity contribution in [2.45, 2.75) is 19.8 Å². The first-order valence-electron chi connectivity index (χ1n) is 4.83. The molecule has 2 nitrogen and oxygen atoms in total. The maximum absolute atomic E-state index is 5.49. The van der Waals surface area contributed by atoms with Crippen LogP contribution in [0.2, 0.25) is 0 Å². The Hall–Kier alpha value is -0.0300. The molecule has 82 valence electrons. The predicted octanol–water partition coefficient (Wildman–Crippen LogP) is -0.769. The van der Waals surface area contributed by atoms with Gasteiger partial charge >= 0.3 is 0 Å². The van der Waals surface area contributed by atoms with Gasteiger partial charge in [-0.2, -0.15) is 0 Å². The van der Waals surface area contributed by atoms with Gasteiger partial charge in [0.1, 0.15) is 11.5 Å². The molecule has 0 aliphatic heterocycles. The van der Waals surface area contributed by atoms with Crippen LogP contribution in [-0.4, -0.2) is 32.2 Å². The van der Waals surface area contributed by atoms with Gasteiger partial charge in [0.2, 0.25) is 0 Å². The first-order chi connectivity index (χ1) is 5.97. The third kappa shape index (κ3) is 5.65. The molecule has 3 heteroatoms. The highest BCUT2D eigenvalue weighted by atomic mass is 127. The van der Waals surface area contributed by atoms with Crippen molar-refractivity contribution >= 4 is 0 Å². The number of aryl methyl sites for hydroxylation is 2. The minimum Gasteiger partial charge on any atom is -1.00 e. The monoisotopic (exact) mass is 309 g/mol. The Morgan fingerprint density at radius 2 is 1.86 bits per heavy atom. The van der Waals surface area contributed by atoms with E-state index in [1.807, 2.05) is 13.0 Å². The molecule has 14 heavy (non-hydrogen) atoms. The van der Waals surface area contributed by atoms with E-state index >= 15 is 0 Å². The molecule has 0 atom stereocenters. The van der Waals surface area contributed by atoms with Gasteiger partial charge in [-0.1, -0.05) is 0 Å². The van der Waals surface area contributed by atoms with Crippen molar-refractivity contribution < 1.29 is 32.9 Å². The molecule has 0 fully saturated rings.